The summed E-state index contributed by atoms with van der Waals surface area (Å²) in [7, 11) is 1.65. The van der Waals surface area contributed by atoms with Crippen LogP contribution >= 0.6 is 11.3 Å². The zero-order chi connectivity index (χ0) is 13.2. The van der Waals surface area contributed by atoms with Crippen molar-refractivity contribution in [2.45, 2.75) is 6.42 Å². The van der Waals surface area contributed by atoms with Gasteiger partial charge in [-0.25, -0.2) is 4.52 Å². The molecule has 3 aromatic rings. The number of para-hydroxylation sites is 1. The number of nitrogens with zero attached hydrogens (tertiary/aromatic N) is 3. The minimum absolute atomic E-state index is 0.607. The molecule has 2 N–H and O–H groups in total. The van der Waals surface area contributed by atoms with Gasteiger partial charge in [0.05, 0.1) is 18.4 Å². The van der Waals surface area contributed by atoms with E-state index in [9.17, 15) is 0 Å². The van der Waals surface area contributed by atoms with Gasteiger partial charge in [-0.1, -0.05) is 12.1 Å². The number of methoxy groups -OCH3 is 1. The topological polar surface area (TPSA) is 65.4 Å². The van der Waals surface area contributed by atoms with E-state index in [1.54, 1.807) is 18.4 Å². The van der Waals surface area contributed by atoms with E-state index in [0.29, 0.717) is 12.4 Å². The van der Waals surface area contributed by atoms with Crippen molar-refractivity contribution in [2.75, 3.05) is 13.7 Å². The van der Waals surface area contributed by atoms with Gasteiger partial charge in [0.25, 0.3) is 0 Å². The number of rotatable bonds is 4. The molecule has 0 aliphatic rings. The van der Waals surface area contributed by atoms with Crippen LogP contribution in [0, 0.1) is 0 Å². The molecular formula is C13H14N4OS. The summed E-state index contributed by atoms with van der Waals surface area (Å²) in [5, 5.41) is 6.60. The zero-order valence-corrected chi connectivity index (χ0v) is 11.4. The number of hydrogen-bond acceptors (Lipinski definition) is 5. The third-order valence-corrected chi connectivity index (χ3v) is 3.76. The first-order valence-electron chi connectivity index (χ1n) is 6.00. The average Bonchev–Trinajstić information content (AvgIpc) is 3.01. The van der Waals surface area contributed by atoms with Crippen LogP contribution in [0.2, 0.25) is 0 Å². The number of thiazole rings is 1. The van der Waals surface area contributed by atoms with Gasteiger partial charge in [0.1, 0.15) is 5.75 Å². The highest BCUT2D eigenvalue weighted by Crippen LogP contribution is 2.28. The zero-order valence-electron chi connectivity index (χ0n) is 10.5. The maximum absolute atomic E-state index is 5.60. The Morgan fingerprint density at radius 3 is 3.00 bits per heavy atom. The number of ether oxygens (including phenoxy) is 1. The van der Waals surface area contributed by atoms with Gasteiger partial charge in [0.2, 0.25) is 4.96 Å². The van der Waals surface area contributed by atoms with Crippen LogP contribution in [0.25, 0.3) is 16.3 Å². The monoisotopic (exact) mass is 274 g/mol. The summed E-state index contributed by atoms with van der Waals surface area (Å²) < 4.78 is 7.20. The van der Waals surface area contributed by atoms with Gasteiger partial charge >= 0.3 is 0 Å². The van der Waals surface area contributed by atoms with Crippen molar-refractivity contribution in [1.29, 1.82) is 0 Å². The summed E-state index contributed by atoms with van der Waals surface area (Å²) in [5.74, 6) is 1.46. The number of hydrogen-bond donors (Lipinski definition) is 1. The van der Waals surface area contributed by atoms with E-state index in [0.717, 1.165) is 28.4 Å². The van der Waals surface area contributed by atoms with Crippen LogP contribution < -0.4 is 10.5 Å². The quantitative estimate of drug-likeness (QED) is 0.790. The van der Waals surface area contributed by atoms with Crippen LogP contribution in [-0.4, -0.2) is 28.3 Å². The molecule has 1 aromatic carbocycles. The fraction of sp³-hybridized carbons (Fsp3) is 0.231. The maximum atomic E-state index is 5.60. The molecule has 2 heterocycles. The molecular weight excluding hydrogens is 260 g/mol. The highest BCUT2D eigenvalue weighted by Gasteiger charge is 2.13. The van der Waals surface area contributed by atoms with Crippen molar-refractivity contribution in [3.8, 4) is 17.1 Å². The first-order valence-corrected chi connectivity index (χ1v) is 6.88. The maximum Gasteiger partial charge on any atom is 0.212 e. The molecule has 0 bridgehead atoms. The molecule has 0 saturated carbocycles. The Morgan fingerprint density at radius 1 is 1.37 bits per heavy atom. The van der Waals surface area contributed by atoms with Gasteiger partial charge in [-0.3, -0.25) is 0 Å². The van der Waals surface area contributed by atoms with Crippen LogP contribution in [-0.2, 0) is 6.42 Å². The third kappa shape index (κ3) is 2.09. The summed E-state index contributed by atoms with van der Waals surface area (Å²) in [6, 6.07) is 7.75. The number of aromatic nitrogens is 3. The number of nitrogens with two attached hydrogens (primary N) is 1. The van der Waals surface area contributed by atoms with Crippen molar-refractivity contribution in [1.82, 2.24) is 14.6 Å². The van der Waals surface area contributed by atoms with Crippen molar-refractivity contribution in [3.63, 3.8) is 0 Å². The highest BCUT2D eigenvalue weighted by atomic mass is 32.1. The van der Waals surface area contributed by atoms with E-state index in [4.69, 9.17) is 10.5 Å². The number of benzene rings is 1. The van der Waals surface area contributed by atoms with Crippen LogP contribution in [0.3, 0.4) is 0 Å². The van der Waals surface area contributed by atoms with Crippen LogP contribution in [0.5, 0.6) is 5.75 Å². The summed E-state index contributed by atoms with van der Waals surface area (Å²) >= 11 is 1.58. The van der Waals surface area contributed by atoms with Gasteiger partial charge in [-0.2, -0.15) is 4.98 Å². The molecule has 0 fully saturated rings. The highest BCUT2D eigenvalue weighted by molar-refractivity contribution is 7.15. The molecule has 0 spiro atoms. The standard InChI is InChI=1S/C13H14N4OS/c1-18-11-5-3-2-4-10(11)12-15-13-17(16-12)9(6-7-14)8-19-13/h2-5,8H,6-7,14H2,1H3. The lowest BCUT2D eigenvalue weighted by atomic mass is 10.2. The van der Waals surface area contributed by atoms with E-state index < -0.39 is 0 Å². The largest absolute Gasteiger partial charge is 0.496 e. The molecule has 0 atom stereocenters. The lowest BCUT2D eigenvalue weighted by Crippen LogP contribution is -2.05. The molecule has 98 valence electrons. The Kier molecular flexibility index (Phi) is 3.18. The molecule has 0 aliphatic carbocycles. The van der Waals surface area contributed by atoms with E-state index in [-0.39, 0.29) is 0 Å². The fourth-order valence-electron chi connectivity index (χ4n) is 1.99. The van der Waals surface area contributed by atoms with Crippen molar-refractivity contribution >= 4 is 16.3 Å². The average molecular weight is 274 g/mol. The lowest BCUT2D eigenvalue weighted by Gasteiger charge is -2.03. The molecule has 5 nitrogen and oxygen atoms in total. The number of fused-ring (bicyclic) bond motifs is 1. The lowest BCUT2D eigenvalue weighted by molar-refractivity contribution is 0.416. The van der Waals surface area contributed by atoms with E-state index in [1.165, 1.54) is 0 Å². The SMILES string of the molecule is COc1ccccc1-c1nc2scc(CCN)n2n1. The second-order valence-electron chi connectivity index (χ2n) is 4.10. The molecule has 2 aromatic heterocycles. The Hall–Kier alpha value is -1.92. The van der Waals surface area contributed by atoms with Crippen molar-refractivity contribution in [2.24, 2.45) is 5.73 Å². The van der Waals surface area contributed by atoms with Gasteiger partial charge < -0.3 is 10.5 Å². The van der Waals surface area contributed by atoms with Crippen LogP contribution in [0.15, 0.2) is 29.6 Å². The van der Waals surface area contributed by atoms with Crippen LogP contribution in [0.1, 0.15) is 5.69 Å². The van der Waals surface area contributed by atoms with E-state index >= 15 is 0 Å². The molecule has 0 aliphatic heterocycles. The molecule has 0 radical (unpaired) electrons. The Morgan fingerprint density at radius 2 is 2.21 bits per heavy atom. The van der Waals surface area contributed by atoms with Crippen molar-refractivity contribution < 1.29 is 4.74 Å². The molecule has 0 amide bonds. The molecule has 19 heavy (non-hydrogen) atoms. The third-order valence-electron chi connectivity index (χ3n) is 2.90. The van der Waals surface area contributed by atoms with Crippen molar-refractivity contribution in [3.05, 3.63) is 35.3 Å². The van der Waals surface area contributed by atoms with Gasteiger partial charge in [0.15, 0.2) is 5.82 Å². The predicted molar refractivity (Wildman–Crippen MR) is 75.6 cm³/mol. The first kappa shape index (κ1) is 12.1. The van der Waals surface area contributed by atoms with Gasteiger partial charge in [-0.05, 0) is 18.7 Å². The Bertz CT molecular complexity index is 704. The first-order chi connectivity index (χ1) is 9.33. The molecule has 0 unspecified atom stereocenters. The summed E-state index contributed by atoms with van der Waals surface area (Å²) in [5.41, 5.74) is 7.59. The summed E-state index contributed by atoms with van der Waals surface area (Å²) in [4.78, 5) is 5.42. The minimum Gasteiger partial charge on any atom is -0.496 e. The summed E-state index contributed by atoms with van der Waals surface area (Å²) in [6.45, 7) is 0.607. The normalized spacial score (nSPS) is 11.1. The second-order valence-corrected chi connectivity index (χ2v) is 4.93. The van der Waals surface area contributed by atoms with Gasteiger partial charge in [0, 0.05) is 11.8 Å². The van der Waals surface area contributed by atoms with E-state index in [2.05, 4.69) is 10.1 Å². The van der Waals surface area contributed by atoms with E-state index in [1.807, 2.05) is 34.2 Å². The fourth-order valence-corrected chi connectivity index (χ4v) is 2.84. The Balaban J connectivity index is 2.10. The van der Waals surface area contributed by atoms with Crippen LogP contribution in [0.4, 0.5) is 0 Å². The minimum atomic E-state index is 0.607. The molecule has 3 rings (SSSR count). The molecule has 6 heteroatoms. The molecule has 0 saturated heterocycles. The second kappa shape index (κ2) is 4.99. The predicted octanol–water partition coefficient (Wildman–Crippen LogP) is 1.97. The smallest absolute Gasteiger partial charge is 0.212 e. The van der Waals surface area contributed by atoms with Gasteiger partial charge in [-0.15, -0.1) is 16.4 Å². The summed E-state index contributed by atoms with van der Waals surface area (Å²) in [6.07, 6.45) is 0.800. The Labute approximate surface area is 114 Å².